The average Bonchev–Trinajstić information content (AvgIpc) is 3.05. The minimum absolute atomic E-state index is 0.259. The lowest BCUT2D eigenvalue weighted by Crippen LogP contribution is -2.39. The summed E-state index contributed by atoms with van der Waals surface area (Å²) in [5.74, 6) is 0.401. The van der Waals surface area contributed by atoms with Crippen LogP contribution < -0.4 is 10.6 Å². The Bertz CT molecular complexity index is 595. The highest BCUT2D eigenvalue weighted by atomic mass is 16.3. The van der Waals surface area contributed by atoms with E-state index in [1.165, 1.54) is 6.33 Å². The third kappa shape index (κ3) is 5.71. The van der Waals surface area contributed by atoms with Crippen molar-refractivity contribution >= 4 is 6.03 Å². The van der Waals surface area contributed by atoms with Crippen molar-refractivity contribution in [1.29, 1.82) is 0 Å². The number of aliphatic hydroxyl groups excluding tert-OH is 1. The number of nitrogens with zero attached hydrogens (tertiary/aromatic N) is 3. The molecule has 2 amide bonds. The van der Waals surface area contributed by atoms with Crippen LogP contribution in [0.4, 0.5) is 4.79 Å². The zero-order valence-corrected chi connectivity index (χ0v) is 13.4. The minimum atomic E-state index is -0.511. The van der Waals surface area contributed by atoms with Crippen molar-refractivity contribution in [3.8, 4) is 5.69 Å². The molecule has 0 spiro atoms. The van der Waals surface area contributed by atoms with Gasteiger partial charge in [-0.2, -0.15) is 5.10 Å². The second-order valence-corrected chi connectivity index (χ2v) is 5.85. The molecule has 1 aromatic heterocycles. The molecule has 2 aromatic rings. The number of aliphatic hydroxyl groups is 1. The van der Waals surface area contributed by atoms with E-state index in [1.807, 2.05) is 38.1 Å². The number of benzene rings is 1. The van der Waals surface area contributed by atoms with Crippen molar-refractivity contribution in [1.82, 2.24) is 25.4 Å². The van der Waals surface area contributed by atoms with E-state index in [9.17, 15) is 9.90 Å². The van der Waals surface area contributed by atoms with Crippen molar-refractivity contribution < 1.29 is 9.90 Å². The molecule has 3 N–H and O–H groups in total. The number of hydrogen-bond donors (Lipinski definition) is 3. The summed E-state index contributed by atoms with van der Waals surface area (Å²) in [5.41, 5.74) is 1.89. The quantitative estimate of drug-likeness (QED) is 0.721. The van der Waals surface area contributed by atoms with Crippen molar-refractivity contribution in [2.75, 3.05) is 6.54 Å². The average molecular weight is 317 g/mol. The Hall–Kier alpha value is -2.41. The van der Waals surface area contributed by atoms with Gasteiger partial charge >= 0.3 is 6.03 Å². The molecule has 1 heterocycles. The SMILES string of the molecule is CC(C)CC(O)CNC(=O)NCc1ccc(-n2cncn2)cc1. The summed E-state index contributed by atoms with van der Waals surface area (Å²) in [7, 11) is 0. The third-order valence-corrected chi connectivity index (χ3v) is 3.31. The molecule has 0 bridgehead atoms. The third-order valence-electron chi connectivity index (χ3n) is 3.31. The molecule has 0 aliphatic carbocycles. The summed E-state index contributed by atoms with van der Waals surface area (Å²) in [6, 6.07) is 7.38. The highest BCUT2D eigenvalue weighted by Gasteiger charge is 2.08. The van der Waals surface area contributed by atoms with E-state index in [0.29, 0.717) is 18.9 Å². The zero-order valence-electron chi connectivity index (χ0n) is 13.4. The molecule has 0 aliphatic heterocycles. The van der Waals surface area contributed by atoms with Crippen molar-refractivity contribution in [3.05, 3.63) is 42.5 Å². The van der Waals surface area contributed by atoms with Gasteiger partial charge in [-0.05, 0) is 30.0 Å². The van der Waals surface area contributed by atoms with Crippen molar-refractivity contribution in [2.24, 2.45) is 5.92 Å². The van der Waals surface area contributed by atoms with Crippen LogP contribution in [0.15, 0.2) is 36.9 Å². The summed E-state index contributed by atoms with van der Waals surface area (Å²) in [5, 5.41) is 19.2. The molecule has 7 heteroatoms. The largest absolute Gasteiger partial charge is 0.391 e. The molecule has 2 rings (SSSR count). The second kappa shape index (κ2) is 8.28. The predicted octanol–water partition coefficient (Wildman–Crippen LogP) is 1.47. The first kappa shape index (κ1) is 17.0. The van der Waals surface area contributed by atoms with Gasteiger partial charge in [0.05, 0.1) is 11.8 Å². The second-order valence-electron chi connectivity index (χ2n) is 5.85. The van der Waals surface area contributed by atoms with Gasteiger partial charge < -0.3 is 15.7 Å². The van der Waals surface area contributed by atoms with Gasteiger partial charge in [0.1, 0.15) is 12.7 Å². The fourth-order valence-electron chi connectivity index (χ4n) is 2.19. The fourth-order valence-corrected chi connectivity index (χ4v) is 2.19. The van der Waals surface area contributed by atoms with E-state index >= 15 is 0 Å². The Balaban J connectivity index is 1.74. The lowest BCUT2D eigenvalue weighted by molar-refractivity contribution is 0.147. The Kier molecular flexibility index (Phi) is 6.10. The number of urea groups is 1. The molecule has 23 heavy (non-hydrogen) atoms. The first-order valence-electron chi connectivity index (χ1n) is 7.68. The van der Waals surface area contributed by atoms with Gasteiger partial charge in [0.25, 0.3) is 0 Å². The van der Waals surface area contributed by atoms with E-state index in [-0.39, 0.29) is 12.6 Å². The summed E-state index contributed by atoms with van der Waals surface area (Å²) in [6.45, 7) is 4.75. The Labute approximate surface area is 135 Å². The summed E-state index contributed by atoms with van der Waals surface area (Å²) >= 11 is 0. The van der Waals surface area contributed by atoms with E-state index in [4.69, 9.17) is 0 Å². The lowest BCUT2D eigenvalue weighted by Gasteiger charge is -2.14. The normalized spacial score (nSPS) is 12.2. The number of aromatic nitrogens is 3. The van der Waals surface area contributed by atoms with Crippen molar-refractivity contribution in [2.45, 2.75) is 32.9 Å². The summed E-state index contributed by atoms with van der Waals surface area (Å²) in [4.78, 5) is 15.6. The van der Waals surface area contributed by atoms with E-state index in [1.54, 1.807) is 11.0 Å². The topological polar surface area (TPSA) is 92.1 Å². The molecular weight excluding hydrogens is 294 g/mol. The molecular formula is C16H23N5O2. The molecule has 0 saturated heterocycles. The molecule has 0 radical (unpaired) electrons. The lowest BCUT2D eigenvalue weighted by atomic mass is 10.1. The van der Waals surface area contributed by atoms with Gasteiger partial charge in [0.15, 0.2) is 0 Å². The Morgan fingerprint density at radius 1 is 1.26 bits per heavy atom. The fraction of sp³-hybridized carbons (Fsp3) is 0.438. The molecule has 1 aromatic carbocycles. The van der Waals surface area contributed by atoms with Crippen LogP contribution in [-0.2, 0) is 6.54 Å². The number of hydrogen-bond acceptors (Lipinski definition) is 4. The van der Waals surface area contributed by atoms with Crippen LogP contribution in [0.1, 0.15) is 25.8 Å². The molecule has 0 fully saturated rings. The van der Waals surface area contributed by atoms with E-state index in [0.717, 1.165) is 11.3 Å². The van der Waals surface area contributed by atoms with Gasteiger partial charge in [-0.3, -0.25) is 0 Å². The number of carbonyl (C=O) groups is 1. The maximum atomic E-state index is 11.7. The number of amides is 2. The van der Waals surface area contributed by atoms with Crippen LogP contribution in [0.2, 0.25) is 0 Å². The van der Waals surface area contributed by atoms with Gasteiger partial charge in [-0.25, -0.2) is 14.5 Å². The van der Waals surface area contributed by atoms with Crippen LogP contribution in [0.5, 0.6) is 0 Å². The van der Waals surface area contributed by atoms with E-state index < -0.39 is 6.10 Å². The monoisotopic (exact) mass is 317 g/mol. The predicted molar refractivity (Wildman–Crippen MR) is 87.1 cm³/mol. The molecule has 7 nitrogen and oxygen atoms in total. The highest BCUT2D eigenvalue weighted by Crippen LogP contribution is 2.07. The Morgan fingerprint density at radius 2 is 2.00 bits per heavy atom. The van der Waals surface area contributed by atoms with Crippen LogP contribution in [0, 0.1) is 5.92 Å². The minimum Gasteiger partial charge on any atom is -0.391 e. The number of rotatable bonds is 7. The first-order valence-corrected chi connectivity index (χ1v) is 7.68. The molecule has 0 saturated carbocycles. The van der Waals surface area contributed by atoms with Gasteiger partial charge in [0, 0.05) is 13.1 Å². The van der Waals surface area contributed by atoms with Crippen LogP contribution in [0.3, 0.4) is 0 Å². The summed E-state index contributed by atoms with van der Waals surface area (Å²) < 4.78 is 1.67. The van der Waals surface area contributed by atoms with Gasteiger partial charge in [-0.15, -0.1) is 0 Å². The molecule has 0 aliphatic rings. The number of carbonyl (C=O) groups excluding carboxylic acids is 1. The van der Waals surface area contributed by atoms with Gasteiger partial charge in [0.2, 0.25) is 0 Å². The van der Waals surface area contributed by atoms with Crippen molar-refractivity contribution in [3.63, 3.8) is 0 Å². The Morgan fingerprint density at radius 3 is 2.61 bits per heavy atom. The maximum Gasteiger partial charge on any atom is 0.315 e. The summed E-state index contributed by atoms with van der Waals surface area (Å²) in [6.07, 6.45) is 3.27. The first-order chi connectivity index (χ1) is 11.0. The smallest absolute Gasteiger partial charge is 0.315 e. The molecule has 1 atom stereocenters. The van der Waals surface area contributed by atoms with Crippen LogP contribution in [-0.4, -0.2) is 38.6 Å². The van der Waals surface area contributed by atoms with Gasteiger partial charge in [-0.1, -0.05) is 26.0 Å². The maximum absolute atomic E-state index is 11.7. The standard InChI is InChI=1S/C16H23N5O2/c1-12(2)7-15(22)9-19-16(23)18-8-13-3-5-14(6-4-13)21-11-17-10-20-21/h3-6,10-12,15,22H,7-9H2,1-2H3,(H2,18,19,23). The van der Waals surface area contributed by atoms with E-state index in [2.05, 4.69) is 20.7 Å². The number of nitrogens with one attached hydrogen (secondary N) is 2. The van der Waals surface area contributed by atoms with Crippen LogP contribution in [0.25, 0.3) is 5.69 Å². The zero-order chi connectivity index (χ0) is 16.7. The highest BCUT2D eigenvalue weighted by molar-refractivity contribution is 5.73. The molecule has 1 unspecified atom stereocenters. The van der Waals surface area contributed by atoms with Crippen LogP contribution >= 0.6 is 0 Å². The molecule has 124 valence electrons.